The van der Waals surface area contributed by atoms with Crippen LogP contribution in [0.3, 0.4) is 0 Å². The second-order valence-corrected chi connectivity index (χ2v) is 4.57. The average Bonchev–Trinajstić information content (AvgIpc) is 2.74. The van der Waals surface area contributed by atoms with E-state index >= 15 is 0 Å². The molecular weight excluding hydrogens is 204 g/mol. The highest BCUT2D eigenvalue weighted by molar-refractivity contribution is 4.80. The van der Waals surface area contributed by atoms with Gasteiger partial charge in [0.25, 0.3) is 0 Å². The number of hydrogen-bond donors (Lipinski definition) is 2. The normalized spacial score (nSPS) is 23.8. The van der Waals surface area contributed by atoms with Crippen LogP contribution in [0, 0.1) is 0 Å². The lowest BCUT2D eigenvalue weighted by molar-refractivity contribution is 0.106. The number of ether oxygens (including phenoxy) is 1. The first-order valence-electron chi connectivity index (χ1n) is 6.39. The van der Waals surface area contributed by atoms with E-state index in [1.54, 1.807) is 7.11 Å². The van der Waals surface area contributed by atoms with E-state index in [1.807, 2.05) is 0 Å². The van der Waals surface area contributed by atoms with Gasteiger partial charge in [-0.05, 0) is 25.8 Å². The van der Waals surface area contributed by atoms with E-state index in [1.165, 1.54) is 0 Å². The van der Waals surface area contributed by atoms with Crippen LogP contribution in [0.1, 0.15) is 26.2 Å². The second kappa shape index (κ2) is 8.01. The SMILES string of the molecule is CCCNC(CCO)CN1CCC(OC)C1. The molecule has 0 aromatic heterocycles. The van der Waals surface area contributed by atoms with E-state index in [4.69, 9.17) is 9.84 Å². The molecule has 1 aliphatic rings. The number of aliphatic hydroxyl groups excluding tert-OH is 1. The van der Waals surface area contributed by atoms with Crippen LogP contribution >= 0.6 is 0 Å². The summed E-state index contributed by atoms with van der Waals surface area (Å²) in [6.07, 6.45) is 3.52. The summed E-state index contributed by atoms with van der Waals surface area (Å²) in [6.45, 7) is 6.65. The molecule has 2 N–H and O–H groups in total. The number of methoxy groups -OCH3 is 1. The molecule has 1 fully saturated rings. The number of nitrogens with one attached hydrogen (secondary N) is 1. The molecule has 1 heterocycles. The van der Waals surface area contributed by atoms with Crippen molar-refractivity contribution in [3.8, 4) is 0 Å². The topological polar surface area (TPSA) is 44.7 Å². The molecule has 0 aliphatic carbocycles. The average molecular weight is 230 g/mol. The van der Waals surface area contributed by atoms with Gasteiger partial charge in [0, 0.05) is 39.4 Å². The molecule has 96 valence electrons. The molecule has 0 aromatic carbocycles. The van der Waals surface area contributed by atoms with Gasteiger partial charge < -0.3 is 15.2 Å². The predicted molar refractivity (Wildman–Crippen MR) is 65.6 cm³/mol. The van der Waals surface area contributed by atoms with Crippen molar-refractivity contribution in [3.05, 3.63) is 0 Å². The summed E-state index contributed by atoms with van der Waals surface area (Å²) >= 11 is 0. The maximum Gasteiger partial charge on any atom is 0.0710 e. The molecule has 2 unspecified atom stereocenters. The molecule has 16 heavy (non-hydrogen) atoms. The molecule has 0 radical (unpaired) electrons. The van der Waals surface area contributed by atoms with Crippen LogP contribution < -0.4 is 5.32 Å². The van der Waals surface area contributed by atoms with Gasteiger partial charge >= 0.3 is 0 Å². The maximum atomic E-state index is 9.02. The van der Waals surface area contributed by atoms with E-state index in [0.717, 1.165) is 45.4 Å². The number of nitrogens with zero attached hydrogens (tertiary/aromatic N) is 1. The van der Waals surface area contributed by atoms with Crippen LogP contribution in [-0.4, -0.2) is 62.0 Å². The zero-order chi connectivity index (χ0) is 11.8. The first-order chi connectivity index (χ1) is 7.80. The summed E-state index contributed by atoms with van der Waals surface area (Å²) < 4.78 is 5.35. The van der Waals surface area contributed by atoms with Crippen LogP contribution in [-0.2, 0) is 4.74 Å². The van der Waals surface area contributed by atoms with Gasteiger partial charge in [-0.3, -0.25) is 4.90 Å². The van der Waals surface area contributed by atoms with Gasteiger partial charge in [0.2, 0.25) is 0 Å². The van der Waals surface area contributed by atoms with Crippen molar-refractivity contribution >= 4 is 0 Å². The third-order valence-corrected chi connectivity index (χ3v) is 3.20. The van der Waals surface area contributed by atoms with E-state index in [2.05, 4.69) is 17.1 Å². The minimum atomic E-state index is 0.267. The quantitative estimate of drug-likeness (QED) is 0.636. The van der Waals surface area contributed by atoms with Gasteiger partial charge in [-0.2, -0.15) is 0 Å². The summed E-state index contributed by atoms with van der Waals surface area (Å²) in [5.41, 5.74) is 0. The highest BCUT2D eigenvalue weighted by Crippen LogP contribution is 2.12. The number of rotatable bonds is 8. The summed E-state index contributed by atoms with van der Waals surface area (Å²) in [6, 6.07) is 0.417. The fourth-order valence-electron chi connectivity index (χ4n) is 2.23. The summed E-state index contributed by atoms with van der Waals surface area (Å²) in [5, 5.41) is 12.5. The monoisotopic (exact) mass is 230 g/mol. The molecule has 0 saturated carbocycles. The van der Waals surface area contributed by atoms with Gasteiger partial charge in [0.1, 0.15) is 0 Å². The minimum Gasteiger partial charge on any atom is -0.396 e. The first kappa shape index (κ1) is 13.9. The maximum absolute atomic E-state index is 9.02. The zero-order valence-corrected chi connectivity index (χ0v) is 10.6. The third kappa shape index (κ3) is 4.78. The van der Waals surface area contributed by atoms with Crippen LogP contribution in [0.4, 0.5) is 0 Å². The molecule has 0 bridgehead atoms. The number of hydrogen-bond acceptors (Lipinski definition) is 4. The molecular formula is C12H26N2O2. The van der Waals surface area contributed by atoms with Gasteiger partial charge in [0.15, 0.2) is 0 Å². The van der Waals surface area contributed by atoms with E-state index < -0.39 is 0 Å². The lowest BCUT2D eigenvalue weighted by atomic mass is 10.2. The minimum absolute atomic E-state index is 0.267. The highest BCUT2D eigenvalue weighted by Gasteiger charge is 2.23. The van der Waals surface area contributed by atoms with Crippen LogP contribution in [0.25, 0.3) is 0 Å². The third-order valence-electron chi connectivity index (χ3n) is 3.20. The summed E-state index contributed by atoms with van der Waals surface area (Å²) in [5.74, 6) is 0. The van der Waals surface area contributed by atoms with Crippen LogP contribution in [0.5, 0.6) is 0 Å². The van der Waals surface area contributed by atoms with Gasteiger partial charge in [-0.1, -0.05) is 6.92 Å². The van der Waals surface area contributed by atoms with Crippen molar-refractivity contribution in [1.82, 2.24) is 10.2 Å². The van der Waals surface area contributed by atoms with Crippen molar-refractivity contribution in [3.63, 3.8) is 0 Å². The Morgan fingerprint density at radius 2 is 2.38 bits per heavy atom. The molecule has 4 heteroatoms. The second-order valence-electron chi connectivity index (χ2n) is 4.57. The highest BCUT2D eigenvalue weighted by atomic mass is 16.5. The molecule has 1 rings (SSSR count). The first-order valence-corrected chi connectivity index (χ1v) is 6.39. The van der Waals surface area contributed by atoms with Gasteiger partial charge in [-0.25, -0.2) is 0 Å². The Labute approximate surface area is 99.0 Å². The molecule has 1 aliphatic heterocycles. The fourth-order valence-corrected chi connectivity index (χ4v) is 2.23. The van der Waals surface area contributed by atoms with Crippen molar-refractivity contribution < 1.29 is 9.84 Å². The molecule has 0 aromatic rings. The molecule has 0 spiro atoms. The lowest BCUT2D eigenvalue weighted by Gasteiger charge is -2.24. The van der Waals surface area contributed by atoms with E-state index in [0.29, 0.717) is 12.1 Å². The van der Waals surface area contributed by atoms with Crippen LogP contribution in [0.15, 0.2) is 0 Å². The Balaban J connectivity index is 2.25. The molecule has 2 atom stereocenters. The van der Waals surface area contributed by atoms with Crippen molar-refractivity contribution in [2.24, 2.45) is 0 Å². The Hall–Kier alpha value is -0.160. The van der Waals surface area contributed by atoms with Crippen molar-refractivity contribution in [1.29, 1.82) is 0 Å². The predicted octanol–water partition coefficient (Wildman–Crippen LogP) is 0.458. The zero-order valence-electron chi connectivity index (χ0n) is 10.6. The van der Waals surface area contributed by atoms with Crippen molar-refractivity contribution in [2.45, 2.75) is 38.3 Å². The van der Waals surface area contributed by atoms with E-state index in [9.17, 15) is 0 Å². The number of aliphatic hydroxyl groups is 1. The fraction of sp³-hybridized carbons (Fsp3) is 1.00. The Morgan fingerprint density at radius 1 is 1.56 bits per heavy atom. The molecule has 4 nitrogen and oxygen atoms in total. The Bertz CT molecular complexity index is 178. The van der Waals surface area contributed by atoms with Crippen LogP contribution in [0.2, 0.25) is 0 Å². The van der Waals surface area contributed by atoms with Gasteiger partial charge in [-0.15, -0.1) is 0 Å². The summed E-state index contributed by atoms with van der Waals surface area (Å²) in [7, 11) is 1.79. The van der Waals surface area contributed by atoms with Gasteiger partial charge in [0.05, 0.1) is 6.10 Å². The number of likely N-dealkylation sites (tertiary alicyclic amines) is 1. The van der Waals surface area contributed by atoms with E-state index in [-0.39, 0.29) is 6.61 Å². The molecule has 0 amide bonds. The standard InChI is InChI=1S/C12H26N2O2/c1-3-6-13-11(5-8-15)9-14-7-4-12(10-14)16-2/h11-13,15H,3-10H2,1-2H3. The Kier molecular flexibility index (Phi) is 6.96. The Morgan fingerprint density at radius 3 is 2.94 bits per heavy atom. The smallest absolute Gasteiger partial charge is 0.0710 e. The lowest BCUT2D eigenvalue weighted by Crippen LogP contribution is -2.41. The van der Waals surface area contributed by atoms with Crippen molar-refractivity contribution in [2.75, 3.05) is 39.9 Å². The largest absolute Gasteiger partial charge is 0.396 e. The molecule has 1 saturated heterocycles. The summed E-state index contributed by atoms with van der Waals surface area (Å²) in [4.78, 5) is 2.43.